The molecule has 0 saturated heterocycles. The molecule has 1 aromatic heterocycles. The van der Waals surface area contributed by atoms with Crippen LogP contribution in [0.3, 0.4) is 0 Å². The maximum atomic E-state index is 13.4. The van der Waals surface area contributed by atoms with Gasteiger partial charge in [-0.2, -0.15) is 0 Å². The highest BCUT2D eigenvalue weighted by Gasteiger charge is 2.45. The third kappa shape index (κ3) is 6.05. The topological polar surface area (TPSA) is 83.4 Å². The second-order valence-corrected chi connectivity index (χ2v) is 11.8. The van der Waals surface area contributed by atoms with Crippen LogP contribution >= 0.6 is 57.9 Å². The summed E-state index contributed by atoms with van der Waals surface area (Å²) in [6, 6.07) is 20.5. The Balaban J connectivity index is 1.47. The molecule has 11 heteroatoms. The number of hydrogen-bond acceptors (Lipinski definition) is 7. The first kappa shape index (κ1) is 27.4. The molecule has 39 heavy (non-hydrogen) atoms. The van der Waals surface area contributed by atoms with Gasteiger partial charge < -0.3 is 5.11 Å². The van der Waals surface area contributed by atoms with Crippen LogP contribution < -0.4 is 4.90 Å². The summed E-state index contributed by atoms with van der Waals surface area (Å²) in [6.45, 7) is 0. The van der Waals surface area contributed by atoms with Crippen molar-refractivity contribution in [1.82, 2.24) is 10.2 Å². The van der Waals surface area contributed by atoms with Gasteiger partial charge in [-0.1, -0.05) is 113 Å². The third-order valence-corrected chi connectivity index (χ3v) is 8.96. The highest BCUT2D eigenvalue weighted by molar-refractivity contribution is 8.00. The average Bonchev–Trinajstić information content (AvgIpc) is 3.51. The number of thioether (sulfide) groups is 1. The van der Waals surface area contributed by atoms with Crippen molar-refractivity contribution in [2.45, 2.75) is 16.1 Å². The minimum Gasteiger partial charge on any atom is -0.503 e. The van der Waals surface area contributed by atoms with Gasteiger partial charge in [0, 0.05) is 10.8 Å². The van der Waals surface area contributed by atoms with Gasteiger partial charge in [0.05, 0.1) is 21.7 Å². The maximum absolute atomic E-state index is 13.4. The van der Waals surface area contributed by atoms with E-state index in [1.807, 2.05) is 54.6 Å². The number of aliphatic hydroxyl groups is 1. The van der Waals surface area contributed by atoms with Crippen molar-refractivity contribution in [3.63, 3.8) is 0 Å². The van der Waals surface area contributed by atoms with Gasteiger partial charge in [0.2, 0.25) is 5.13 Å². The summed E-state index contributed by atoms with van der Waals surface area (Å²) in [5.74, 6) is -1.31. The number of aromatic nitrogens is 2. The summed E-state index contributed by atoms with van der Waals surface area (Å²) in [5, 5.41) is 20.8. The van der Waals surface area contributed by atoms with Crippen molar-refractivity contribution in [1.29, 1.82) is 0 Å². The number of allylic oxidation sites excluding steroid dienone is 1. The Morgan fingerprint density at radius 3 is 2.46 bits per heavy atom. The third-order valence-electron chi connectivity index (χ3n) is 5.84. The van der Waals surface area contributed by atoms with E-state index >= 15 is 0 Å². The van der Waals surface area contributed by atoms with E-state index in [9.17, 15) is 14.7 Å². The van der Waals surface area contributed by atoms with E-state index < -0.39 is 23.5 Å². The number of nitrogens with zero attached hydrogens (tertiary/aromatic N) is 3. The first-order chi connectivity index (χ1) is 18.8. The molecule has 2 heterocycles. The van der Waals surface area contributed by atoms with Crippen molar-refractivity contribution in [3.05, 3.63) is 122 Å². The molecule has 3 aromatic carbocycles. The number of amides is 1. The van der Waals surface area contributed by atoms with Gasteiger partial charge in [-0.05, 0) is 47.0 Å². The van der Waals surface area contributed by atoms with Gasteiger partial charge in [-0.25, -0.2) is 0 Å². The molecule has 0 saturated carbocycles. The largest absolute Gasteiger partial charge is 0.503 e. The quantitative estimate of drug-likeness (QED) is 0.123. The molecule has 1 N–H and O–H groups in total. The van der Waals surface area contributed by atoms with E-state index in [0.29, 0.717) is 25.7 Å². The van der Waals surface area contributed by atoms with E-state index in [0.717, 1.165) is 11.1 Å². The number of aliphatic hydroxyl groups excluding tert-OH is 1. The van der Waals surface area contributed by atoms with Gasteiger partial charge in [0.15, 0.2) is 15.9 Å². The number of hydrogen-bond donors (Lipinski definition) is 1. The number of ketones is 1. The molecule has 6 nitrogen and oxygen atoms in total. The Bertz CT molecular complexity index is 1610. The van der Waals surface area contributed by atoms with Crippen LogP contribution in [0.1, 0.15) is 22.7 Å². The van der Waals surface area contributed by atoms with E-state index in [1.54, 1.807) is 24.3 Å². The van der Waals surface area contributed by atoms with E-state index in [2.05, 4.69) is 10.2 Å². The summed E-state index contributed by atoms with van der Waals surface area (Å²) in [7, 11) is 0. The molecule has 1 aliphatic rings. The zero-order chi connectivity index (χ0) is 27.5. The Hall–Kier alpha value is -3.14. The molecule has 1 atom stereocenters. The Morgan fingerprint density at radius 1 is 1.00 bits per heavy atom. The van der Waals surface area contributed by atoms with Crippen LogP contribution in [0.5, 0.6) is 0 Å². The molecule has 0 fully saturated rings. The Kier molecular flexibility index (Phi) is 8.40. The van der Waals surface area contributed by atoms with Crippen LogP contribution in [0, 0.1) is 0 Å². The highest BCUT2D eigenvalue weighted by Crippen LogP contribution is 2.44. The number of halogens is 3. The van der Waals surface area contributed by atoms with Crippen LogP contribution in [-0.4, -0.2) is 27.0 Å². The molecule has 0 radical (unpaired) electrons. The minimum absolute atomic E-state index is 0.0869. The molecule has 5 rings (SSSR count). The van der Waals surface area contributed by atoms with Gasteiger partial charge in [0.1, 0.15) is 0 Å². The van der Waals surface area contributed by atoms with Gasteiger partial charge >= 0.3 is 0 Å². The fraction of sp³-hybridized carbons (Fsp3) is 0.0714. The van der Waals surface area contributed by atoms with Crippen LogP contribution in [-0.2, 0) is 15.3 Å². The average molecular weight is 615 g/mol. The van der Waals surface area contributed by atoms with Crippen molar-refractivity contribution in [3.8, 4) is 0 Å². The van der Waals surface area contributed by atoms with E-state index in [1.165, 1.54) is 34.1 Å². The molecule has 1 aliphatic heterocycles. The predicted molar refractivity (Wildman–Crippen MR) is 158 cm³/mol. The standard InChI is InChI=1S/C28H18Cl3N3O3S2/c29-19-10-6-17(7-11-19)15-38-28-33-32-27(39-28)34-24(18-9-12-20(30)21(31)14-18)23(25(36)26(34)37)22(35)13-8-16-4-2-1-3-5-16/h1-14,24,36H,15H2. The minimum atomic E-state index is -0.984. The molecular formula is C28H18Cl3N3O3S2. The van der Waals surface area contributed by atoms with Crippen LogP contribution in [0.4, 0.5) is 5.13 Å². The molecule has 0 bridgehead atoms. The lowest BCUT2D eigenvalue weighted by atomic mass is 9.96. The van der Waals surface area contributed by atoms with Crippen molar-refractivity contribution in [2.24, 2.45) is 0 Å². The number of rotatable bonds is 8. The molecule has 0 spiro atoms. The summed E-state index contributed by atoms with van der Waals surface area (Å²) in [6.07, 6.45) is 2.95. The SMILES string of the molecule is O=C(C=Cc1ccccc1)C1=C(O)C(=O)N(c2nnc(SCc3ccc(Cl)cc3)s2)C1c1ccc(Cl)c(Cl)c1. The molecule has 0 aliphatic carbocycles. The highest BCUT2D eigenvalue weighted by atomic mass is 35.5. The summed E-state index contributed by atoms with van der Waals surface area (Å²) in [5.41, 5.74) is 2.24. The molecule has 196 valence electrons. The maximum Gasteiger partial charge on any atom is 0.296 e. The molecule has 1 amide bonds. The zero-order valence-corrected chi connectivity index (χ0v) is 23.8. The monoisotopic (exact) mass is 613 g/mol. The van der Waals surface area contributed by atoms with Gasteiger partial charge in [-0.3, -0.25) is 14.5 Å². The smallest absolute Gasteiger partial charge is 0.296 e. The number of carbonyl (C=O) groups excluding carboxylic acids is 2. The lowest BCUT2D eigenvalue weighted by Crippen LogP contribution is -2.30. The first-order valence-corrected chi connectivity index (χ1v) is 14.5. The van der Waals surface area contributed by atoms with Crippen molar-refractivity contribution in [2.75, 3.05) is 4.90 Å². The number of anilines is 1. The predicted octanol–water partition coefficient (Wildman–Crippen LogP) is 7.97. The fourth-order valence-corrected chi connectivity index (χ4v) is 6.22. The second-order valence-electron chi connectivity index (χ2n) is 8.39. The Morgan fingerprint density at radius 2 is 1.74 bits per heavy atom. The van der Waals surface area contributed by atoms with Crippen LogP contribution in [0.2, 0.25) is 15.1 Å². The van der Waals surface area contributed by atoms with E-state index in [4.69, 9.17) is 34.8 Å². The molecule has 1 unspecified atom stereocenters. The number of carbonyl (C=O) groups is 2. The van der Waals surface area contributed by atoms with E-state index in [-0.39, 0.29) is 15.7 Å². The fourth-order valence-electron chi connectivity index (χ4n) is 3.96. The van der Waals surface area contributed by atoms with Gasteiger partial charge in [-0.15, -0.1) is 10.2 Å². The number of benzene rings is 3. The summed E-state index contributed by atoms with van der Waals surface area (Å²) in [4.78, 5) is 28.0. The summed E-state index contributed by atoms with van der Waals surface area (Å²) < 4.78 is 0.615. The van der Waals surface area contributed by atoms with Crippen molar-refractivity contribution >= 4 is 80.8 Å². The summed E-state index contributed by atoms with van der Waals surface area (Å²) >= 11 is 21.0. The first-order valence-electron chi connectivity index (χ1n) is 11.5. The lowest BCUT2D eigenvalue weighted by Gasteiger charge is -2.24. The molecular weight excluding hydrogens is 597 g/mol. The normalized spacial score (nSPS) is 15.5. The zero-order valence-electron chi connectivity index (χ0n) is 19.9. The second kappa shape index (κ2) is 11.9. The lowest BCUT2D eigenvalue weighted by molar-refractivity contribution is -0.117. The van der Waals surface area contributed by atoms with Crippen LogP contribution in [0.15, 0.2) is 94.5 Å². The molecule has 4 aromatic rings. The van der Waals surface area contributed by atoms with Crippen LogP contribution in [0.25, 0.3) is 6.08 Å². The van der Waals surface area contributed by atoms with Gasteiger partial charge in [0.25, 0.3) is 5.91 Å². The van der Waals surface area contributed by atoms with Crippen molar-refractivity contribution < 1.29 is 14.7 Å². The Labute approximate surface area is 247 Å².